The van der Waals surface area contributed by atoms with Crippen LogP contribution in [0.1, 0.15) is 30.4 Å². The third kappa shape index (κ3) is 6.42. The monoisotopic (exact) mass is 406 g/mol. The minimum atomic E-state index is -0.196. The Hall–Kier alpha value is -1.75. The highest BCUT2D eigenvalue weighted by Crippen LogP contribution is 2.27. The van der Waals surface area contributed by atoms with Gasteiger partial charge in [-0.05, 0) is 55.3 Å². The van der Waals surface area contributed by atoms with Gasteiger partial charge >= 0.3 is 0 Å². The molecule has 4 nitrogen and oxygen atoms in total. The van der Waals surface area contributed by atoms with Gasteiger partial charge in [-0.1, -0.05) is 53.9 Å². The predicted molar refractivity (Wildman–Crippen MR) is 109 cm³/mol. The van der Waals surface area contributed by atoms with E-state index >= 15 is 0 Å². The van der Waals surface area contributed by atoms with Gasteiger partial charge in [-0.2, -0.15) is 0 Å². The first-order valence-electron chi connectivity index (χ1n) is 9.25. The highest BCUT2D eigenvalue weighted by atomic mass is 35.5. The van der Waals surface area contributed by atoms with Crippen LogP contribution >= 0.6 is 23.2 Å². The molecule has 1 amide bonds. The van der Waals surface area contributed by atoms with E-state index in [1.807, 2.05) is 0 Å². The van der Waals surface area contributed by atoms with E-state index in [0.717, 1.165) is 12.1 Å². The van der Waals surface area contributed by atoms with Crippen molar-refractivity contribution in [3.05, 3.63) is 63.6 Å². The minimum Gasteiger partial charge on any atom is -0.482 e. The smallest absolute Gasteiger partial charge is 0.258 e. The predicted octanol–water partition coefficient (Wildman–Crippen LogP) is 4.67. The average Bonchev–Trinajstić information content (AvgIpc) is 2.67. The molecule has 6 heteroatoms. The summed E-state index contributed by atoms with van der Waals surface area (Å²) < 4.78 is 5.44. The van der Waals surface area contributed by atoms with Gasteiger partial charge in [-0.25, -0.2) is 0 Å². The maximum absolute atomic E-state index is 12.0. The lowest BCUT2D eigenvalue weighted by atomic mass is 10.1. The van der Waals surface area contributed by atoms with Gasteiger partial charge in [0.1, 0.15) is 5.75 Å². The molecule has 0 saturated carbocycles. The maximum Gasteiger partial charge on any atom is 0.258 e. The van der Waals surface area contributed by atoms with Gasteiger partial charge in [-0.3, -0.25) is 9.69 Å². The molecular weight excluding hydrogens is 383 g/mol. The van der Waals surface area contributed by atoms with Crippen molar-refractivity contribution in [1.82, 2.24) is 10.2 Å². The lowest BCUT2D eigenvalue weighted by Gasteiger charge is -2.26. The Kier molecular flexibility index (Phi) is 7.39. The fourth-order valence-corrected chi connectivity index (χ4v) is 3.59. The zero-order valence-electron chi connectivity index (χ0n) is 15.2. The first kappa shape index (κ1) is 20.0. The summed E-state index contributed by atoms with van der Waals surface area (Å²) in [5.74, 6) is 0.247. The molecule has 0 aromatic heterocycles. The quantitative estimate of drug-likeness (QED) is 0.725. The van der Waals surface area contributed by atoms with Crippen LogP contribution in [0, 0.1) is 0 Å². The van der Waals surface area contributed by atoms with Crippen molar-refractivity contribution in [3.63, 3.8) is 0 Å². The molecule has 2 aromatic rings. The molecule has 0 atom stereocenters. The van der Waals surface area contributed by atoms with Crippen molar-refractivity contribution < 1.29 is 9.53 Å². The van der Waals surface area contributed by atoms with Crippen LogP contribution in [0.4, 0.5) is 0 Å². The number of likely N-dealkylation sites (tertiary alicyclic amines) is 1. The molecule has 3 rings (SSSR count). The van der Waals surface area contributed by atoms with Crippen molar-refractivity contribution in [2.24, 2.45) is 0 Å². The van der Waals surface area contributed by atoms with Gasteiger partial charge in [0.05, 0.1) is 5.02 Å². The van der Waals surface area contributed by atoms with Crippen molar-refractivity contribution in [1.29, 1.82) is 0 Å². The van der Waals surface area contributed by atoms with Crippen LogP contribution in [0.25, 0.3) is 0 Å². The van der Waals surface area contributed by atoms with E-state index in [0.29, 0.717) is 22.3 Å². The number of halogens is 2. The van der Waals surface area contributed by atoms with Crippen LogP contribution < -0.4 is 10.1 Å². The summed E-state index contributed by atoms with van der Waals surface area (Å²) in [6, 6.07) is 13.3. The van der Waals surface area contributed by atoms with Crippen LogP contribution in [0.3, 0.4) is 0 Å². The molecule has 1 aliphatic rings. The summed E-state index contributed by atoms with van der Waals surface area (Å²) >= 11 is 11.9. The molecule has 0 aliphatic carbocycles. The highest BCUT2D eigenvalue weighted by Gasteiger charge is 2.10. The second kappa shape index (κ2) is 9.98. The van der Waals surface area contributed by atoms with Crippen LogP contribution in [-0.4, -0.2) is 30.5 Å². The first-order chi connectivity index (χ1) is 13.1. The van der Waals surface area contributed by atoms with Gasteiger partial charge in [0.25, 0.3) is 5.91 Å². The van der Waals surface area contributed by atoms with E-state index in [4.69, 9.17) is 27.9 Å². The molecule has 0 unspecified atom stereocenters. The van der Waals surface area contributed by atoms with Gasteiger partial charge in [0.2, 0.25) is 0 Å². The molecule has 27 heavy (non-hydrogen) atoms. The standard InChI is InChI=1S/C21H24Cl2N2O2/c22-18-8-9-20(19(23)12-18)27-15-21(26)24-13-16-4-6-17(7-5-16)14-25-10-2-1-3-11-25/h4-9,12H,1-3,10-11,13-15H2,(H,24,26). The third-order valence-corrected chi connectivity index (χ3v) is 5.15. The van der Waals surface area contributed by atoms with Crippen molar-refractivity contribution in [2.45, 2.75) is 32.4 Å². The molecule has 0 spiro atoms. The number of hydrogen-bond donors (Lipinski definition) is 1. The van der Waals surface area contributed by atoms with Gasteiger partial charge in [0.15, 0.2) is 6.61 Å². The maximum atomic E-state index is 12.0. The van der Waals surface area contributed by atoms with Crippen LogP contribution in [0.2, 0.25) is 10.0 Å². The number of ether oxygens (including phenoxy) is 1. The van der Waals surface area contributed by atoms with Crippen LogP contribution in [-0.2, 0) is 17.9 Å². The number of nitrogens with one attached hydrogen (secondary N) is 1. The number of benzene rings is 2. The summed E-state index contributed by atoms with van der Waals surface area (Å²) in [5, 5.41) is 3.77. The molecule has 1 saturated heterocycles. The molecular formula is C21H24Cl2N2O2. The first-order valence-corrected chi connectivity index (χ1v) is 10.0. The Labute approximate surface area is 170 Å². The van der Waals surface area contributed by atoms with Gasteiger partial charge in [0, 0.05) is 18.1 Å². The van der Waals surface area contributed by atoms with Gasteiger partial charge in [-0.15, -0.1) is 0 Å². The van der Waals surface area contributed by atoms with E-state index in [1.165, 1.54) is 37.9 Å². The van der Waals surface area contributed by atoms with E-state index < -0.39 is 0 Å². The average molecular weight is 407 g/mol. The number of carbonyl (C=O) groups is 1. The normalized spacial score (nSPS) is 14.7. The van der Waals surface area contributed by atoms with E-state index in [-0.39, 0.29) is 12.5 Å². The summed E-state index contributed by atoms with van der Waals surface area (Å²) in [7, 11) is 0. The summed E-state index contributed by atoms with van der Waals surface area (Å²) in [6.07, 6.45) is 3.95. The molecule has 1 fully saturated rings. The molecule has 144 valence electrons. The van der Waals surface area contributed by atoms with Crippen molar-refractivity contribution in [2.75, 3.05) is 19.7 Å². The van der Waals surface area contributed by atoms with E-state index in [2.05, 4.69) is 34.5 Å². The molecule has 0 bridgehead atoms. The number of nitrogens with zero attached hydrogens (tertiary/aromatic N) is 1. The zero-order chi connectivity index (χ0) is 19.1. The lowest BCUT2D eigenvalue weighted by molar-refractivity contribution is -0.123. The summed E-state index contributed by atoms with van der Waals surface area (Å²) in [4.78, 5) is 14.5. The Morgan fingerprint density at radius 2 is 1.70 bits per heavy atom. The Balaban J connectivity index is 1.41. The fourth-order valence-electron chi connectivity index (χ4n) is 3.13. The SMILES string of the molecule is O=C(COc1ccc(Cl)cc1Cl)NCc1ccc(CN2CCCCC2)cc1. The van der Waals surface area contributed by atoms with Crippen molar-refractivity contribution >= 4 is 29.1 Å². The van der Waals surface area contributed by atoms with Crippen LogP contribution in [0.15, 0.2) is 42.5 Å². The van der Waals surface area contributed by atoms with Crippen molar-refractivity contribution in [3.8, 4) is 5.75 Å². The molecule has 1 heterocycles. The number of amides is 1. The Morgan fingerprint density at radius 1 is 1.00 bits per heavy atom. The highest BCUT2D eigenvalue weighted by molar-refractivity contribution is 6.35. The summed E-state index contributed by atoms with van der Waals surface area (Å²) in [5.41, 5.74) is 2.38. The Bertz CT molecular complexity index is 759. The third-order valence-electron chi connectivity index (χ3n) is 4.62. The molecule has 0 radical (unpaired) electrons. The van der Waals surface area contributed by atoms with E-state index in [9.17, 15) is 4.79 Å². The topological polar surface area (TPSA) is 41.6 Å². The second-order valence-electron chi connectivity index (χ2n) is 6.79. The second-order valence-corrected chi connectivity index (χ2v) is 7.64. The molecule has 1 aliphatic heterocycles. The Morgan fingerprint density at radius 3 is 2.41 bits per heavy atom. The zero-order valence-corrected chi connectivity index (χ0v) is 16.7. The van der Waals surface area contributed by atoms with E-state index in [1.54, 1.807) is 18.2 Å². The fraction of sp³-hybridized carbons (Fsp3) is 0.381. The minimum absolute atomic E-state index is 0.0889. The lowest BCUT2D eigenvalue weighted by Crippen LogP contribution is -2.29. The number of carbonyl (C=O) groups excluding carboxylic acids is 1. The largest absolute Gasteiger partial charge is 0.482 e. The van der Waals surface area contributed by atoms with Crippen LogP contribution in [0.5, 0.6) is 5.75 Å². The number of rotatable bonds is 7. The van der Waals surface area contributed by atoms with Gasteiger partial charge < -0.3 is 10.1 Å². The molecule has 2 aromatic carbocycles. The summed E-state index contributed by atoms with van der Waals surface area (Å²) in [6.45, 7) is 3.77. The number of piperidine rings is 1. The molecule has 1 N–H and O–H groups in total. The number of hydrogen-bond acceptors (Lipinski definition) is 3.